The highest BCUT2D eigenvalue weighted by Gasteiger charge is 1.98. The minimum absolute atomic E-state index is 0.560. The number of ether oxygens (including phenoxy) is 1. The first-order chi connectivity index (χ1) is 7.38. The van der Waals surface area contributed by atoms with Crippen LogP contribution in [0.25, 0.3) is 0 Å². The molecule has 2 rings (SSSR count). The number of benzene rings is 1. The maximum Gasteiger partial charge on any atom is 0.140 e. The molecule has 0 fully saturated rings. The third-order valence-corrected chi connectivity index (χ3v) is 2.91. The highest BCUT2D eigenvalue weighted by molar-refractivity contribution is 7.09. The molecular formula is C12H13NOS. The monoisotopic (exact) mass is 219 g/mol. The summed E-state index contributed by atoms with van der Waals surface area (Å²) >= 11 is 1.62. The Bertz CT molecular complexity index is 411. The molecule has 0 atom stereocenters. The second-order valence-electron chi connectivity index (χ2n) is 3.22. The van der Waals surface area contributed by atoms with E-state index in [4.69, 9.17) is 4.74 Å². The van der Waals surface area contributed by atoms with Crippen LogP contribution < -0.4 is 4.74 Å². The first-order valence-electron chi connectivity index (χ1n) is 4.98. The van der Waals surface area contributed by atoms with Crippen molar-refractivity contribution < 1.29 is 4.74 Å². The van der Waals surface area contributed by atoms with Crippen LogP contribution in [0.2, 0.25) is 0 Å². The fourth-order valence-corrected chi connectivity index (χ4v) is 1.85. The van der Waals surface area contributed by atoms with Gasteiger partial charge in [-0.3, -0.25) is 0 Å². The minimum atomic E-state index is 0.560. The molecule has 0 saturated carbocycles. The van der Waals surface area contributed by atoms with Gasteiger partial charge in [-0.2, -0.15) is 0 Å². The van der Waals surface area contributed by atoms with Crippen LogP contribution in [0, 0.1) is 0 Å². The molecule has 0 unspecified atom stereocenters. The van der Waals surface area contributed by atoms with Gasteiger partial charge in [0, 0.05) is 11.6 Å². The molecule has 15 heavy (non-hydrogen) atoms. The molecule has 0 aliphatic rings. The molecule has 0 amide bonds. The molecule has 0 saturated heterocycles. The van der Waals surface area contributed by atoms with Crippen molar-refractivity contribution >= 4 is 11.3 Å². The van der Waals surface area contributed by atoms with E-state index in [1.54, 1.807) is 17.5 Å². The van der Waals surface area contributed by atoms with Gasteiger partial charge in [0.25, 0.3) is 0 Å². The molecule has 0 spiro atoms. The van der Waals surface area contributed by atoms with Gasteiger partial charge in [-0.1, -0.05) is 19.1 Å². The Morgan fingerprint density at radius 3 is 3.07 bits per heavy atom. The highest BCUT2D eigenvalue weighted by atomic mass is 32.1. The normalized spacial score (nSPS) is 10.2. The van der Waals surface area contributed by atoms with E-state index in [2.05, 4.69) is 24.0 Å². The van der Waals surface area contributed by atoms with Crippen molar-refractivity contribution in [3.05, 3.63) is 46.4 Å². The summed E-state index contributed by atoms with van der Waals surface area (Å²) in [6.45, 7) is 2.70. The number of hydrogen-bond donors (Lipinski definition) is 0. The smallest absolute Gasteiger partial charge is 0.140 e. The first kappa shape index (κ1) is 10.2. The van der Waals surface area contributed by atoms with Crippen LogP contribution in [0.15, 0.2) is 35.8 Å². The summed E-state index contributed by atoms with van der Waals surface area (Å²) in [4.78, 5) is 4.17. The van der Waals surface area contributed by atoms with Gasteiger partial charge < -0.3 is 4.74 Å². The van der Waals surface area contributed by atoms with Crippen LogP contribution in [0.4, 0.5) is 0 Å². The van der Waals surface area contributed by atoms with Gasteiger partial charge in [0.2, 0.25) is 0 Å². The lowest BCUT2D eigenvalue weighted by Gasteiger charge is -2.05. The Morgan fingerprint density at radius 1 is 1.40 bits per heavy atom. The van der Waals surface area contributed by atoms with E-state index in [-0.39, 0.29) is 0 Å². The van der Waals surface area contributed by atoms with Crippen molar-refractivity contribution in [3.8, 4) is 5.75 Å². The molecule has 1 aromatic carbocycles. The SMILES string of the molecule is CCc1cccc(OCc2nccs2)c1. The summed E-state index contributed by atoms with van der Waals surface area (Å²) < 4.78 is 5.64. The third kappa shape index (κ3) is 2.80. The van der Waals surface area contributed by atoms with E-state index in [0.717, 1.165) is 17.2 Å². The van der Waals surface area contributed by atoms with Crippen LogP contribution in [0.5, 0.6) is 5.75 Å². The molecule has 2 aromatic rings. The molecule has 0 aliphatic heterocycles. The number of aromatic nitrogens is 1. The van der Waals surface area contributed by atoms with Crippen molar-refractivity contribution in [2.75, 3.05) is 0 Å². The van der Waals surface area contributed by atoms with E-state index in [1.165, 1.54) is 5.56 Å². The zero-order valence-corrected chi connectivity index (χ0v) is 9.46. The standard InChI is InChI=1S/C12H13NOS/c1-2-10-4-3-5-11(8-10)14-9-12-13-6-7-15-12/h3-8H,2,9H2,1H3. The largest absolute Gasteiger partial charge is 0.486 e. The molecule has 2 nitrogen and oxygen atoms in total. The van der Waals surface area contributed by atoms with Gasteiger partial charge in [0.05, 0.1) is 0 Å². The average molecular weight is 219 g/mol. The number of thiazole rings is 1. The number of nitrogens with zero attached hydrogens (tertiary/aromatic N) is 1. The van der Waals surface area contributed by atoms with Gasteiger partial charge in [-0.05, 0) is 24.1 Å². The lowest BCUT2D eigenvalue weighted by atomic mass is 10.2. The van der Waals surface area contributed by atoms with E-state index in [1.807, 2.05) is 17.5 Å². The highest BCUT2D eigenvalue weighted by Crippen LogP contribution is 2.16. The Labute approximate surface area is 93.6 Å². The fourth-order valence-electron chi connectivity index (χ4n) is 1.32. The van der Waals surface area contributed by atoms with E-state index >= 15 is 0 Å². The first-order valence-corrected chi connectivity index (χ1v) is 5.86. The maximum atomic E-state index is 5.64. The molecule has 1 aromatic heterocycles. The molecule has 1 heterocycles. The van der Waals surface area contributed by atoms with E-state index in [9.17, 15) is 0 Å². The molecule has 78 valence electrons. The third-order valence-electron chi connectivity index (χ3n) is 2.15. The zero-order valence-electron chi connectivity index (χ0n) is 8.64. The molecule has 0 radical (unpaired) electrons. The van der Waals surface area contributed by atoms with Crippen molar-refractivity contribution in [2.24, 2.45) is 0 Å². The van der Waals surface area contributed by atoms with Crippen LogP contribution in [-0.4, -0.2) is 4.98 Å². The van der Waals surface area contributed by atoms with E-state index < -0.39 is 0 Å². The van der Waals surface area contributed by atoms with Crippen molar-refractivity contribution in [2.45, 2.75) is 20.0 Å². The quantitative estimate of drug-likeness (QED) is 0.787. The predicted molar refractivity (Wildman–Crippen MR) is 62.3 cm³/mol. The van der Waals surface area contributed by atoms with Crippen LogP contribution in [-0.2, 0) is 13.0 Å². The fraction of sp³-hybridized carbons (Fsp3) is 0.250. The summed E-state index contributed by atoms with van der Waals surface area (Å²) in [5.74, 6) is 0.921. The number of aryl methyl sites for hydroxylation is 1. The summed E-state index contributed by atoms with van der Waals surface area (Å²) in [7, 11) is 0. The summed E-state index contributed by atoms with van der Waals surface area (Å²) in [5.41, 5.74) is 1.30. The second-order valence-corrected chi connectivity index (χ2v) is 4.19. The van der Waals surface area contributed by atoms with Crippen LogP contribution in [0.3, 0.4) is 0 Å². The topological polar surface area (TPSA) is 22.1 Å². The van der Waals surface area contributed by atoms with E-state index in [0.29, 0.717) is 6.61 Å². The average Bonchev–Trinajstić information content (AvgIpc) is 2.79. The van der Waals surface area contributed by atoms with Crippen molar-refractivity contribution in [1.29, 1.82) is 0 Å². The van der Waals surface area contributed by atoms with Gasteiger partial charge >= 0.3 is 0 Å². The van der Waals surface area contributed by atoms with Gasteiger partial charge in [0.15, 0.2) is 0 Å². The van der Waals surface area contributed by atoms with Gasteiger partial charge in [0.1, 0.15) is 17.4 Å². The predicted octanol–water partition coefficient (Wildman–Crippen LogP) is 3.28. The molecule has 0 N–H and O–H groups in total. The summed E-state index contributed by atoms with van der Waals surface area (Å²) in [6.07, 6.45) is 2.83. The molecule has 0 bridgehead atoms. The van der Waals surface area contributed by atoms with Crippen LogP contribution >= 0.6 is 11.3 Å². The molecule has 3 heteroatoms. The Hall–Kier alpha value is -1.35. The Morgan fingerprint density at radius 2 is 2.33 bits per heavy atom. The Kier molecular flexibility index (Phi) is 3.35. The van der Waals surface area contributed by atoms with Crippen molar-refractivity contribution in [1.82, 2.24) is 4.98 Å². The lowest BCUT2D eigenvalue weighted by molar-refractivity contribution is 0.305. The zero-order chi connectivity index (χ0) is 10.5. The molecular weight excluding hydrogens is 206 g/mol. The number of hydrogen-bond acceptors (Lipinski definition) is 3. The minimum Gasteiger partial charge on any atom is -0.486 e. The number of rotatable bonds is 4. The van der Waals surface area contributed by atoms with Crippen molar-refractivity contribution in [3.63, 3.8) is 0 Å². The van der Waals surface area contributed by atoms with Crippen LogP contribution in [0.1, 0.15) is 17.5 Å². The summed E-state index contributed by atoms with van der Waals surface area (Å²) in [6, 6.07) is 8.19. The maximum absolute atomic E-state index is 5.64. The molecule has 0 aliphatic carbocycles. The summed E-state index contributed by atoms with van der Waals surface area (Å²) in [5, 5.41) is 2.97. The van der Waals surface area contributed by atoms with Gasteiger partial charge in [-0.25, -0.2) is 4.98 Å². The Balaban J connectivity index is 1.98. The van der Waals surface area contributed by atoms with Gasteiger partial charge in [-0.15, -0.1) is 11.3 Å². The lowest BCUT2D eigenvalue weighted by Crippen LogP contribution is -1.94. The second kappa shape index (κ2) is 4.94.